The maximum atomic E-state index is 12.4. The number of methoxy groups -OCH3 is 1. The minimum Gasteiger partial charge on any atom is -0.496 e. The average Bonchev–Trinajstić information content (AvgIpc) is 2.45. The van der Waals surface area contributed by atoms with E-state index in [0.29, 0.717) is 20.8 Å². The highest BCUT2D eigenvalue weighted by Crippen LogP contribution is 2.28. The Hall–Kier alpha value is -1.39. The quantitative estimate of drug-likeness (QED) is 0.743. The highest BCUT2D eigenvalue weighted by molar-refractivity contribution is 9.10. The van der Waals surface area contributed by atoms with Gasteiger partial charge in [0.15, 0.2) is 5.78 Å². The van der Waals surface area contributed by atoms with Crippen LogP contribution in [0.1, 0.15) is 27.2 Å². The Morgan fingerprint density at radius 1 is 1.38 bits per heavy atom. The molecule has 0 unspecified atom stereocenters. The molecule has 21 heavy (non-hydrogen) atoms. The van der Waals surface area contributed by atoms with Crippen molar-refractivity contribution >= 4 is 33.3 Å². The summed E-state index contributed by atoms with van der Waals surface area (Å²) in [6.45, 7) is 3.83. The van der Waals surface area contributed by atoms with Gasteiger partial charge in [-0.1, -0.05) is 17.7 Å². The summed E-state index contributed by atoms with van der Waals surface area (Å²) in [7, 11) is 1.62. The molecule has 0 aliphatic heterocycles. The van der Waals surface area contributed by atoms with E-state index in [1.165, 1.54) is 0 Å². The lowest BCUT2D eigenvalue weighted by atomic mass is 10.0. The Balaban J connectivity index is 2.34. The second-order valence-electron chi connectivity index (χ2n) is 4.75. The third kappa shape index (κ3) is 3.27. The minimum absolute atomic E-state index is 0.0668. The summed E-state index contributed by atoms with van der Waals surface area (Å²) in [6, 6.07) is 5.31. The number of Topliss-reactive ketones (excluding diaryl/α,β-unsaturated/α-hetero) is 1. The van der Waals surface area contributed by atoms with Crippen LogP contribution in [0.3, 0.4) is 0 Å². The van der Waals surface area contributed by atoms with Crippen molar-refractivity contribution in [3.05, 3.63) is 56.3 Å². The Labute approximate surface area is 137 Å². The van der Waals surface area contributed by atoms with Crippen LogP contribution in [0.2, 0.25) is 5.02 Å². The fourth-order valence-electron chi connectivity index (χ4n) is 2.22. The third-order valence-corrected chi connectivity index (χ3v) is 4.63. The maximum absolute atomic E-state index is 12.4. The van der Waals surface area contributed by atoms with Crippen LogP contribution in [0.4, 0.5) is 0 Å². The van der Waals surface area contributed by atoms with Gasteiger partial charge in [-0.3, -0.25) is 9.78 Å². The highest BCUT2D eigenvalue weighted by Gasteiger charge is 2.17. The summed E-state index contributed by atoms with van der Waals surface area (Å²) in [4.78, 5) is 16.8. The van der Waals surface area contributed by atoms with Gasteiger partial charge in [0, 0.05) is 27.4 Å². The lowest BCUT2D eigenvalue weighted by Gasteiger charge is -2.12. The molecule has 0 fully saturated rings. The van der Waals surface area contributed by atoms with E-state index in [0.717, 1.165) is 16.9 Å². The van der Waals surface area contributed by atoms with E-state index in [2.05, 4.69) is 20.9 Å². The summed E-state index contributed by atoms with van der Waals surface area (Å²) < 4.78 is 6.07. The number of benzene rings is 1. The summed E-state index contributed by atoms with van der Waals surface area (Å²) in [6.07, 6.45) is 1.91. The Kier molecular flexibility index (Phi) is 5.01. The van der Waals surface area contributed by atoms with Crippen molar-refractivity contribution in [2.45, 2.75) is 20.3 Å². The molecule has 0 aliphatic rings. The van der Waals surface area contributed by atoms with E-state index in [1.807, 2.05) is 13.8 Å². The number of hydrogen-bond donors (Lipinski definition) is 0. The number of aryl methyl sites for hydroxylation is 1. The fraction of sp³-hybridized carbons (Fsp3) is 0.250. The molecule has 1 aromatic carbocycles. The first-order valence-corrected chi connectivity index (χ1v) is 7.59. The normalized spacial score (nSPS) is 10.5. The highest BCUT2D eigenvalue weighted by atomic mass is 79.9. The lowest BCUT2D eigenvalue weighted by molar-refractivity contribution is 0.0991. The van der Waals surface area contributed by atoms with Crippen LogP contribution in [-0.2, 0) is 6.42 Å². The van der Waals surface area contributed by atoms with Gasteiger partial charge in [0.05, 0.1) is 24.2 Å². The second-order valence-corrected chi connectivity index (χ2v) is 5.98. The molecule has 2 aromatic rings. The number of carbonyl (C=O) groups excluding carboxylic acids is 1. The molecular formula is C16H15BrClNO2. The van der Waals surface area contributed by atoms with Crippen molar-refractivity contribution in [2.24, 2.45) is 0 Å². The number of pyridine rings is 1. The molecule has 0 saturated heterocycles. The molecule has 3 nitrogen and oxygen atoms in total. The molecule has 5 heteroatoms. The number of aromatic nitrogens is 1. The van der Waals surface area contributed by atoms with Crippen LogP contribution in [-0.4, -0.2) is 17.9 Å². The summed E-state index contributed by atoms with van der Waals surface area (Å²) in [5, 5.41) is 0.430. The SMILES string of the molecule is COc1c(C)cnc(CC(=O)c2cccc(Br)c2Cl)c1C. The van der Waals surface area contributed by atoms with Crippen molar-refractivity contribution in [1.82, 2.24) is 4.98 Å². The Morgan fingerprint density at radius 3 is 2.76 bits per heavy atom. The summed E-state index contributed by atoms with van der Waals surface area (Å²) in [5.41, 5.74) is 3.04. The summed E-state index contributed by atoms with van der Waals surface area (Å²) in [5.74, 6) is 0.705. The predicted octanol–water partition coefficient (Wildman–Crippen LogP) is 4.55. The van der Waals surface area contributed by atoms with Crippen LogP contribution in [0.15, 0.2) is 28.9 Å². The van der Waals surface area contributed by atoms with Gasteiger partial charge in [-0.25, -0.2) is 0 Å². The van der Waals surface area contributed by atoms with Gasteiger partial charge in [0.1, 0.15) is 5.75 Å². The molecule has 0 bridgehead atoms. The van der Waals surface area contributed by atoms with E-state index in [1.54, 1.807) is 31.5 Å². The van der Waals surface area contributed by atoms with Crippen LogP contribution >= 0.6 is 27.5 Å². The second kappa shape index (κ2) is 6.58. The van der Waals surface area contributed by atoms with Crippen LogP contribution in [0, 0.1) is 13.8 Å². The number of nitrogens with zero attached hydrogens (tertiary/aromatic N) is 1. The van der Waals surface area contributed by atoms with Gasteiger partial charge in [0.2, 0.25) is 0 Å². The molecule has 0 aliphatic carbocycles. The van der Waals surface area contributed by atoms with Crippen molar-refractivity contribution in [1.29, 1.82) is 0 Å². The average molecular weight is 369 g/mol. The lowest BCUT2D eigenvalue weighted by Crippen LogP contribution is -2.09. The molecule has 0 amide bonds. The molecule has 1 aromatic heterocycles. The standard InChI is InChI=1S/C16H15BrClNO2/c1-9-8-19-13(10(2)16(9)21-3)7-14(20)11-5-4-6-12(17)15(11)18/h4-6,8H,7H2,1-3H3. The van der Waals surface area contributed by atoms with Crippen molar-refractivity contribution in [3.63, 3.8) is 0 Å². The monoisotopic (exact) mass is 367 g/mol. The molecule has 2 rings (SSSR count). The maximum Gasteiger partial charge on any atom is 0.170 e. The molecule has 110 valence electrons. The molecule has 0 saturated carbocycles. The number of ether oxygens (including phenoxy) is 1. The Morgan fingerprint density at radius 2 is 2.10 bits per heavy atom. The van der Waals surface area contributed by atoms with E-state index in [-0.39, 0.29) is 12.2 Å². The van der Waals surface area contributed by atoms with Crippen molar-refractivity contribution in [3.8, 4) is 5.75 Å². The molecule has 0 spiro atoms. The van der Waals surface area contributed by atoms with E-state index >= 15 is 0 Å². The number of ketones is 1. The number of halogens is 2. The van der Waals surface area contributed by atoms with E-state index < -0.39 is 0 Å². The minimum atomic E-state index is -0.0668. The predicted molar refractivity (Wildman–Crippen MR) is 87.4 cm³/mol. The molecule has 0 radical (unpaired) electrons. The van der Waals surface area contributed by atoms with Crippen LogP contribution in [0.25, 0.3) is 0 Å². The van der Waals surface area contributed by atoms with Crippen molar-refractivity contribution in [2.75, 3.05) is 7.11 Å². The number of rotatable bonds is 4. The largest absolute Gasteiger partial charge is 0.496 e. The first kappa shape index (κ1) is 16.0. The van der Waals surface area contributed by atoms with Crippen LogP contribution < -0.4 is 4.74 Å². The molecule has 0 N–H and O–H groups in total. The number of carbonyl (C=O) groups is 1. The van der Waals surface area contributed by atoms with Gasteiger partial charge in [0.25, 0.3) is 0 Å². The molecule has 0 atom stereocenters. The van der Waals surface area contributed by atoms with Gasteiger partial charge in [-0.2, -0.15) is 0 Å². The zero-order valence-electron chi connectivity index (χ0n) is 12.0. The first-order valence-electron chi connectivity index (χ1n) is 6.42. The first-order chi connectivity index (χ1) is 9.95. The van der Waals surface area contributed by atoms with Gasteiger partial charge < -0.3 is 4.74 Å². The smallest absolute Gasteiger partial charge is 0.170 e. The topological polar surface area (TPSA) is 39.2 Å². The van der Waals surface area contributed by atoms with Crippen molar-refractivity contribution < 1.29 is 9.53 Å². The van der Waals surface area contributed by atoms with Gasteiger partial charge in [-0.15, -0.1) is 0 Å². The fourth-order valence-corrected chi connectivity index (χ4v) is 2.81. The molecule has 1 heterocycles. The summed E-state index contributed by atoms with van der Waals surface area (Å²) >= 11 is 9.49. The number of hydrogen-bond acceptors (Lipinski definition) is 3. The van der Waals surface area contributed by atoms with Crippen LogP contribution in [0.5, 0.6) is 5.75 Å². The third-order valence-electron chi connectivity index (χ3n) is 3.33. The van der Waals surface area contributed by atoms with E-state index in [4.69, 9.17) is 16.3 Å². The van der Waals surface area contributed by atoms with E-state index in [9.17, 15) is 4.79 Å². The zero-order chi connectivity index (χ0) is 15.6. The zero-order valence-corrected chi connectivity index (χ0v) is 14.4. The van der Waals surface area contributed by atoms with Gasteiger partial charge >= 0.3 is 0 Å². The Bertz CT molecular complexity index is 701. The van der Waals surface area contributed by atoms with Gasteiger partial charge in [-0.05, 0) is 41.9 Å². The molecular weight excluding hydrogens is 354 g/mol.